The maximum atomic E-state index is 12.3. The molecule has 0 heterocycles. The van der Waals surface area contributed by atoms with Crippen LogP contribution in [-0.2, 0) is 4.79 Å². The predicted molar refractivity (Wildman–Crippen MR) is 125 cm³/mol. The third kappa shape index (κ3) is 6.47. The zero-order chi connectivity index (χ0) is 23.8. The van der Waals surface area contributed by atoms with Crippen molar-refractivity contribution in [3.63, 3.8) is 0 Å². The average Bonchev–Trinajstić information content (AvgIpc) is 2.80. The Labute approximate surface area is 190 Å². The number of aryl methyl sites for hydroxylation is 2. The van der Waals surface area contributed by atoms with Gasteiger partial charge in [-0.15, -0.1) is 0 Å². The molecule has 0 bridgehead atoms. The van der Waals surface area contributed by atoms with E-state index in [1.165, 1.54) is 24.4 Å². The van der Waals surface area contributed by atoms with Gasteiger partial charge in [0.2, 0.25) is 0 Å². The van der Waals surface area contributed by atoms with Crippen LogP contribution in [0.3, 0.4) is 0 Å². The lowest BCUT2D eigenvalue weighted by Gasteiger charge is -2.11. The Balaban J connectivity index is 1.60. The van der Waals surface area contributed by atoms with Crippen LogP contribution in [0, 0.1) is 24.0 Å². The number of non-ortho nitro benzene ring substituents is 1. The Bertz CT molecular complexity index is 1220. The van der Waals surface area contributed by atoms with Crippen LogP contribution in [0.5, 0.6) is 5.75 Å². The summed E-state index contributed by atoms with van der Waals surface area (Å²) in [7, 11) is 0. The molecule has 9 nitrogen and oxygen atoms in total. The lowest BCUT2D eigenvalue weighted by atomic mass is 10.1. The summed E-state index contributed by atoms with van der Waals surface area (Å²) in [6.07, 6.45) is 1.37. The van der Waals surface area contributed by atoms with Crippen LogP contribution >= 0.6 is 0 Å². The first kappa shape index (κ1) is 23.1. The smallest absolute Gasteiger partial charge is 0.271 e. The number of hydrazone groups is 1. The topological polar surface area (TPSA) is 123 Å². The molecular formula is C24H22N4O5. The molecule has 0 spiro atoms. The fourth-order valence-electron chi connectivity index (χ4n) is 2.99. The van der Waals surface area contributed by atoms with E-state index in [-0.39, 0.29) is 23.8 Å². The maximum Gasteiger partial charge on any atom is 0.271 e. The highest BCUT2D eigenvalue weighted by molar-refractivity contribution is 5.96. The number of ether oxygens (including phenoxy) is 1. The van der Waals surface area contributed by atoms with Gasteiger partial charge >= 0.3 is 0 Å². The summed E-state index contributed by atoms with van der Waals surface area (Å²) in [6.45, 7) is 3.68. The first-order valence-corrected chi connectivity index (χ1v) is 10.0. The van der Waals surface area contributed by atoms with Crippen molar-refractivity contribution in [2.24, 2.45) is 5.10 Å². The molecule has 3 rings (SSSR count). The molecule has 2 N–H and O–H groups in total. The van der Waals surface area contributed by atoms with E-state index in [1.54, 1.807) is 24.3 Å². The first-order valence-electron chi connectivity index (χ1n) is 10.0. The third-order valence-electron chi connectivity index (χ3n) is 4.62. The van der Waals surface area contributed by atoms with E-state index in [1.807, 2.05) is 32.0 Å². The van der Waals surface area contributed by atoms with Crippen LogP contribution in [0.2, 0.25) is 0 Å². The zero-order valence-corrected chi connectivity index (χ0v) is 18.1. The van der Waals surface area contributed by atoms with E-state index in [9.17, 15) is 19.7 Å². The van der Waals surface area contributed by atoms with Crippen LogP contribution in [0.4, 0.5) is 11.4 Å². The van der Waals surface area contributed by atoms with Gasteiger partial charge in [0.1, 0.15) is 5.75 Å². The van der Waals surface area contributed by atoms with Crippen molar-refractivity contribution >= 4 is 29.4 Å². The first-order chi connectivity index (χ1) is 15.8. The van der Waals surface area contributed by atoms with Crippen molar-refractivity contribution < 1.29 is 19.2 Å². The molecule has 0 aliphatic carbocycles. The summed E-state index contributed by atoms with van der Waals surface area (Å²) >= 11 is 0. The van der Waals surface area contributed by atoms with Crippen molar-refractivity contribution in [3.8, 4) is 5.75 Å². The van der Waals surface area contributed by atoms with E-state index in [0.717, 1.165) is 17.2 Å². The molecule has 0 aliphatic rings. The third-order valence-corrected chi connectivity index (χ3v) is 4.62. The molecule has 0 saturated heterocycles. The molecule has 9 heteroatoms. The molecule has 2 amide bonds. The Morgan fingerprint density at radius 3 is 2.61 bits per heavy atom. The van der Waals surface area contributed by atoms with Gasteiger partial charge in [0.05, 0.1) is 11.1 Å². The van der Waals surface area contributed by atoms with Crippen molar-refractivity contribution in [2.75, 3.05) is 11.9 Å². The largest absolute Gasteiger partial charge is 0.483 e. The molecule has 3 aromatic rings. The number of amides is 2. The number of nitro benzene ring substituents is 1. The SMILES string of the molecule is Cc1ccc(NC(=O)COc2ccccc2/C=N/NC(=O)c2cccc([N+](=O)[O-])c2)c(C)c1. The molecule has 0 atom stereocenters. The summed E-state index contributed by atoms with van der Waals surface area (Å²) < 4.78 is 5.63. The van der Waals surface area contributed by atoms with Gasteiger partial charge in [0.25, 0.3) is 17.5 Å². The lowest BCUT2D eigenvalue weighted by molar-refractivity contribution is -0.384. The fourth-order valence-corrected chi connectivity index (χ4v) is 2.99. The summed E-state index contributed by atoms with van der Waals surface area (Å²) in [5, 5.41) is 17.6. The van der Waals surface area contributed by atoms with Crippen LogP contribution in [0.15, 0.2) is 71.8 Å². The van der Waals surface area contributed by atoms with Crippen molar-refractivity contribution in [3.05, 3.63) is 99.1 Å². The van der Waals surface area contributed by atoms with Crippen LogP contribution in [-0.4, -0.2) is 29.6 Å². The highest BCUT2D eigenvalue weighted by Crippen LogP contribution is 2.18. The molecule has 0 unspecified atom stereocenters. The average molecular weight is 446 g/mol. The molecule has 0 saturated carbocycles. The van der Waals surface area contributed by atoms with Crippen LogP contribution in [0.25, 0.3) is 0 Å². The second-order valence-corrected chi connectivity index (χ2v) is 7.20. The molecule has 0 fully saturated rings. The van der Waals surface area contributed by atoms with Gasteiger partial charge in [-0.2, -0.15) is 5.10 Å². The number of nitro groups is 1. The van der Waals surface area contributed by atoms with E-state index in [0.29, 0.717) is 17.0 Å². The number of para-hydroxylation sites is 1. The highest BCUT2D eigenvalue weighted by Gasteiger charge is 2.11. The number of hydrogen-bond acceptors (Lipinski definition) is 6. The van der Waals surface area contributed by atoms with Gasteiger partial charge in [-0.1, -0.05) is 35.9 Å². The van der Waals surface area contributed by atoms with Gasteiger partial charge in [0.15, 0.2) is 6.61 Å². The Kier molecular flexibility index (Phi) is 7.48. The summed E-state index contributed by atoms with van der Waals surface area (Å²) in [6, 6.07) is 17.9. The Hall–Kier alpha value is -4.53. The maximum absolute atomic E-state index is 12.3. The second-order valence-electron chi connectivity index (χ2n) is 7.20. The van der Waals surface area contributed by atoms with E-state index >= 15 is 0 Å². The minimum Gasteiger partial charge on any atom is -0.483 e. The van der Waals surface area contributed by atoms with Gasteiger partial charge in [-0.25, -0.2) is 5.43 Å². The number of carbonyl (C=O) groups is 2. The molecular weight excluding hydrogens is 424 g/mol. The fraction of sp³-hybridized carbons (Fsp3) is 0.125. The minimum atomic E-state index is -0.596. The number of rotatable bonds is 8. The molecule has 33 heavy (non-hydrogen) atoms. The Morgan fingerprint density at radius 2 is 1.85 bits per heavy atom. The van der Waals surface area contributed by atoms with E-state index < -0.39 is 10.8 Å². The monoisotopic (exact) mass is 446 g/mol. The predicted octanol–water partition coefficient (Wildman–Crippen LogP) is 3.99. The lowest BCUT2D eigenvalue weighted by Crippen LogP contribution is -2.21. The summed E-state index contributed by atoms with van der Waals surface area (Å²) in [5.41, 5.74) is 5.55. The summed E-state index contributed by atoms with van der Waals surface area (Å²) in [5.74, 6) is -0.504. The molecule has 0 aromatic heterocycles. The highest BCUT2D eigenvalue weighted by atomic mass is 16.6. The quantitative estimate of drug-likeness (QED) is 0.308. The van der Waals surface area contributed by atoms with Crippen LogP contribution in [0.1, 0.15) is 27.0 Å². The zero-order valence-electron chi connectivity index (χ0n) is 18.1. The standard InChI is InChI=1S/C24H22N4O5/c1-16-10-11-21(17(2)12-16)26-23(29)15-33-22-9-4-3-6-19(22)14-25-27-24(30)18-7-5-8-20(13-18)28(31)32/h3-14H,15H2,1-2H3,(H,26,29)(H,27,30)/b25-14+. The number of hydrogen-bond donors (Lipinski definition) is 2. The number of nitrogens with zero attached hydrogens (tertiary/aromatic N) is 2. The minimum absolute atomic E-state index is 0.106. The van der Waals surface area contributed by atoms with E-state index in [4.69, 9.17) is 4.74 Å². The molecule has 0 aliphatic heterocycles. The number of benzene rings is 3. The van der Waals surface area contributed by atoms with Crippen LogP contribution < -0.4 is 15.5 Å². The summed E-state index contributed by atoms with van der Waals surface area (Å²) in [4.78, 5) is 34.8. The van der Waals surface area contributed by atoms with Gasteiger partial charge in [-0.05, 0) is 43.7 Å². The Morgan fingerprint density at radius 1 is 1.06 bits per heavy atom. The van der Waals surface area contributed by atoms with Crippen molar-refractivity contribution in [1.29, 1.82) is 0 Å². The van der Waals surface area contributed by atoms with Gasteiger partial charge in [-0.3, -0.25) is 19.7 Å². The van der Waals surface area contributed by atoms with Gasteiger partial charge in [0, 0.05) is 28.9 Å². The molecule has 3 aromatic carbocycles. The normalized spacial score (nSPS) is 10.6. The molecule has 0 radical (unpaired) electrons. The molecule has 168 valence electrons. The number of nitrogens with one attached hydrogen (secondary N) is 2. The van der Waals surface area contributed by atoms with Crippen molar-refractivity contribution in [1.82, 2.24) is 5.43 Å². The number of anilines is 1. The number of carbonyl (C=O) groups excluding carboxylic acids is 2. The second kappa shape index (κ2) is 10.7. The van der Waals surface area contributed by atoms with Gasteiger partial charge < -0.3 is 10.1 Å². The van der Waals surface area contributed by atoms with Crippen molar-refractivity contribution in [2.45, 2.75) is 13.8 Å². The van der Waals surface area contributed by atoms with E-state index in [2.05, 4.69) is 15.8 Å².